The molecule has 3 nitrogen and oxygen atoms in total. The fourth-order valence-corrected chi connectivity index (χ4v) is 2.28. The van der Waals surface area contributed by atoms with Crippen LogP contribution in [-0.2, 0) is 6.42 Å². The van der Waals surface area contributed by atoms with Gasteiger partial charge in [-0.2, -0.15) is 0 Å². The average molecular weight is 356 g/mol. The highest BCUT2D eigenvalue weighted by atomic mass is 79.9. The molecule has 2 rings (SSSR count). The first-order valence-corrected chi connectivity index (χ1v) is 6.82. The highest BCUT2D eigenvalue weighted by Crippen LogP contribution is 2.25. The number of methoxy groups -OCH3 is 1. The third-order valence-electron chi connectivity index (χ3n) is 3.04. The third-order valence-corrected chi connectivity index (χ3v) is 3.65. The normalized spacial score (nSPS) is 10.5. The van der Waals surface area contributed by atoms with E-state index >= 15 is 0 Å². The molecule has 0 saturated heterocycles. The van der Waals surface area contributed by atoms with Crippen LogP contribution in [0.15, 0.2) is 34.8 Å². The second kappa shape index (κ2) is 6.22. The van der Waals surface area contributed by atoms with Gasteiger partial charge in [0.25, 0.3) is 0 Å². The van der Waals surface area contributed by atoms with Crippen molar-refractivity contribution in [3.63, 3.8) is 0 Å². The lowest BCUT2D eigenvalue weighted by Crippen LogP contribution is -2.10. The van der Waals surface area contributed by atoms with E-state index in [2.05, 4.69) is 15.9 Å². The zero-order valence-electron chi connectivity index (χ0n) is 11.1. The van der Waals surface area contributed by atoms with Crippen LogP contribution in [0.2, 0.25) is 0 Å². The number of ketones is 1. The van der Waals surface area contributed by atoms with Gasteiger partial charge in [-0.15, -0.1) is 0 Å². The van der Waals surface area contributed by atoms with Crippen molar-refractivity contribution in [1.29, 1.82) is 0 Å². The number of hydrogen-bond acceptors (Lipinski definition) is 3. The molecule has 2 aromatic carbocycles. The molecule has 2 aromatic rings. The van der Waals surface area contributed by atoms with Crippen LogP contribution in [0.1, 0.15) is 15.9 Å². The zero-order valence-corrected chi connectivity index (χ0v) is 12.7. The fraction of sp³-hybridized carbons (Fsp3) is 0.133. The van der Waals surface area contributed by atoms with Gasteiger partial charge in [0, 0.05) is 29.3 Å². The summed E-state index contributed by atoms with van der Waals surface area (Å²) in [7, 11) is 1.47. The Morgan fingerprint density at radius 3 is 2.62 bits per heavy atom. The molecule has 0 bridgehead atoms. The lowest BCUT2D eigenvalue weighted by atomic mass is 10.0. The molecule has 0 amide bonds. The van der Waals surface area contributed by atoms with E-state index in [9.17, 15) is 13.6 Å². The summed E-state index contributed by atoms with van der Waals surface area (Å²) in [5, 5.41) is 0. The molecule has 0 aromatic heterocycles. The lowest BCUT2D eigenvalue weighted by molar-refractivity contribution is 0.0991. The summed E-state index contributed by atoms with van der Waals surface area (Å²) in [6.45, 7) is 0. The molecule has 0 spiro atoms. The Morgan fingerprint density at radius 1 is 1.29 bits per heavy atom. The summed E-state index contributed by atoms with van der Waals surface area (Å²) in [5.74, 6) is -1.51. The minimum atomic E-state index is -0.782. The van der Waals surface area contributed by atoms with E-state index in [0.717, 1.165) is 6.07 Å². The Morgan fingerprint density at radius 2 is 2.00 bits per heavy atom. The third kappa shape index (κ3) is 3.21. The Hall–Kier alpha value is -1.95. The molecule has 2 N–H and O–H groups in total. The second-order valence-electron chi connectivity index (χ2n) is 4.37. The average Bonchev–Trinajstić information content (AvgIpc) is 2.47. The van der Waals surface area contributed by atoms with Gasteiger partial charge in [-0.05, 0) is 40.2 Å². The van der Waals surface area contributed by atoms with Crippen LogP contribution in [0.3, 0.4) is 0 Å². The monoisotopic (exact) mass is 355 g/mol. The van der Waals surface area contributed by atoms with Crippen LogP contribution in [0.4, 0.5) is 14.5 Å². The van der Waals surface area contributed by atoms with Gasteiger partial charge in [-0.3, -0.25) is 4.79 Å². The van der Waals surface area contributed by atoms with Gasteiger partial charge >= 0.3 is 0 Å². The molecule has 0 aliphatic rings. The number of nitrogens with two attached hydrogens (primary N) is 1. The first kappa shape index (κ1) is 15.4. The first-order valence-electron chi connectivity index (χ1n) is 6.03. The number of carbonyl (C=O) groups excluding carboxylic acids is 1. The van der Waals surface area contributed by atoms with Crippen LogP contribution < -0.4 is 10.5 Å². The van der Waals surface area contributed by atoms with Crippen molar-refractivity contribution in [2.75, 3.05) is 12.8 Å². The van der Waals surface area contributed by atoms with Crippen molar-refractivity contribution in [3.05, 3.63) is 57.6 Å². The summed E-state index contributed by atoms with van der Waals surface area (Å²) < 4.78 is 32.6. The maximum absolute atomic E-state index is 13.9. The number of anilines is 1. The second-order valence-corrected chi connectivity index (χ2v) is 5.23. The molecule has 0 aliphatic carbocycles. The van der Waals surface area contributed by atoms with Gasteiger partial charge in [0.2, 0.25) is 0 Å². The van der Waals surface area contributed by atoms with Crippen LogP contribution in [0.5, 0.6) is 5.75 Å². The highest BCUT2D eigenvalue weighted by molar-refractivity contribution is 9.10. The summed E-state index contributed by atoms with van der Waals surface area (Å²) in [4.78, 5) is 12.2. The van der Waals surface area contributed by atoms with Crippen molar-refractivity contribution in [3.8, 4) is 5.75 Å². The topological polar surface area (TPSA) is 52.3 Å². The highest BCUT2D eigenvalue weighted by Gasteiger charge is 2.18. The smallest absolute Gasteiger partial charge is 0.169 e. The summed E-state index contributed by atoms with van der Waals surface area (Å²) in [6, 6.07) is 6.88. The van der Waals surface area contributed by atoms with Crippen molar-refractivity contribution >= 4 is 27.4 Å². The molecule has 0 unspecified atom stereocenters. The van der Waals surface area contributed by atoms with Crippen molar-refractivity contribution in [2.45, 2.75) is 6.42 Å². The maximum atomic E-state index is 13.9. The molecule has 0 saturated carbocycles. The molecule has 0 aliphatic heterocycles. The molecule has 0 atom stereocenters. The van der Waals surface area contributed by atoms with E-state index < -0.39 is 23.8 Å². The maximum Gasteiger partial charge on any atom is 0.169 e. The van der Waals surface area contributed by atoms with Crippen LogP contribution in [0.25, 0.3) is 0 Å². The standard InChI is InChI=1S/C15H12BrF2NO2/c1-21-8-2-3-9(13(19)6-8)14(20)7-10-12(17)5-4-11(16)15(10)18/h2-6H,7,19H2,1H3. The SMILES string of the molecule is COc1ccc(C(=O)Cc2c(F)ccc(Br)c2F)c(N)c1. The number of benzene rings is 2. The number of Topliss-reactive ketones (excluding diaryl/α,β-unsaturated/α-hetero) is 1. The van der Waals surface area contributed by atoms with Gasteiger partial charge in [-0.1, -0.05) is 0 Å². The van der Waals surface area contributed by atoms with E-state index in [-0.39, 0.29) is 21.3 Å². The Labute approximate surface area is 128 Å². The predicted molar refractivity (Wildman–Crippen MR) is 79.5 cm³/mol. The van der Waals surface area contributed by atoms with E-state index in [1.165, 1.54) is 25.3 Å². The molecule has 110 valence electrons. The predicted octanol–water partition coefficient (Wildman–Crippen LogP) is 3.74. The van der Waals surface area contributed by atoms with E-state index in [4.69, 9.17) is 10.5 Å². The van der Waals surface area contributed by atoms with Crippen molar-refractivity contribution in [2.24, 2.45) is 0 Å². The van der Waals surface area contributed by atoms with Gasteiger partial charge in [0.1, 0.15) is 17.4 Å². The van der Waals surface area contributed by atoms with Gasteiger partial charge in [0.15, 0.2) is 5.78 Å². The number of rotatable bonds is 4. The van der Waals surface area contributed by atoms with E-state index in [1.54, 1.807) is 6.07 Å². The van der Waals surface area contributed by atoms with Gasteiger partial charge < -0.3 is 10.5 Å². The number of carbonyl (C=O) groups is 1. The number of hydrogen-bond donors (Lipinski definition) is 1. The summed E-state index contributed by atoms with van der Waals surface area (Å²) in [6.07, 6.45) is -0.409. The first-order chi connectivity index (χ1) is 9.93. The van der Waals surface area contributed by atoms with E-state index in [1.807, 2.05) is 0 Å². The van der Waals surface area contributed by atoms with Gasteiger partial charge in [0.05, 0.1) is 11.6 Å². The van der Waals surface area contributed by atoms with Crippen molar-refractivity contribution < 1.29 is 18.3 Å². The largest absolute Gasteiger partial charge is 0.497 e. The van der Waals surface area contributed by atoms with Crippen LogP contribution in [-0.4, -0.2) is 12.9 Å². The number of halogens is 3. The number of nitrogen functional groups attached to an aromatic ring is 1. The lowest BCUT2D eigenvalue weighted by Gasteiger charge is -2.09. The Bertz CT molecular complexity index is 704. The molecule has 0 fully saturated rings. The molecular weight excluding hydrogens is 344 g/mol. The fourth-order valence-electron chi connectivity index (χ4n) is 1.91. The number of ether oxygens (including phenoxy) is 1. The quantitative estimate of drug-likeness (QED) is 0.516. The molecule has 0 heterocycles. The minimum Gasteiger partial charge on any atom is -0.497 e. The zero-order chi connectivity index (χ0) is 15.6. The molecule has 21 heavy (non-hydrogen) atoms. The molecule has 0 radical (unpaired) electrons. The van der Waals surface area contributed by atoms with Crippen LogP contribution >= 0.6 is 15.9 Å². The van der Waals surface area contributed by atoms with Crippen molar-refractivity contribution in [1.82, 2.24) is 0 Å². The summed E-state index contributed by atoms with van der Waals surface area (Å²) >= 11 is 2.97. The van der Waals surface area contributed by atoms with E-state index in [0.29, 0.717) is 5.75 Å². The molecule has 6 heteroatoms. The van der Waals surface area contributed by atoms with Gasteiger partial charge in [-0.25, -0.2) is 8.78 Å². The minimum absolute atomic E-state index is 0.106. The Kier molecular flexibility index (Phi) is 4.57. The van der Waals surface area contributed by atoms with Crippen LogP contribution in [0, 0.1) is 11.6 Å². The Balaban J connectivity index is 2.33. The molecular formula is C15H12BrF2NO2. The summed E-state index contributed by atoms with van der Waals surface area (Å²) in [5.41, 5.74) is 5.88.